The molecule has 0 unspecified atom stereocenters. The Morgan fingerprint density at radius 3 is 2.47 bits per heavy atom. The van der Waals surface area contributed by atoms with Gasteiger partial charge in [-0.05, 0) is 63.9 Å². The second-order valence-electron chi connectivity index (χ2n) is 12.4. The van der Waals surface area contributed by atoms with Gasteiger partial charge in [-0.15, -0.1) is 0 Å². The maximum Gasteiger partial charge on any atom is 0.407 e. The smallest absolute Gasteiger partial charge is 0.407 e. The van der Waals surface area contributed by atoms with Gasteiger partial charge in [-0.3, -0.25) is 14.7 Å². The maximum absolute atomic E-state index is 13.3. The molecule has 1 aliphatic heterocycles. The third-order valence-corrected chi connectivity index (χ3v) is 7.61. The van der Waals surface area contributed by atoms with E-state index in [4.69, 9.17) is 19.3 Å². The van der Waals surface area contributed by atoms with E-state index in [1.54, 1.807) is 62.1 Å². The number of carbonyl (C=O) groups is 3. The zero-order chi connectivity index (χ0) is 34.6. The molecule has 5 rings (SSSR count). The van der Waals surface area contributed by atoms with Crippen molar-refractivity contribution in [2.45, 2.75) is 51.6 Å². The van der Waals surface area contributed by atoms with Crippen LogP contribution >= 0.6 is 0 Å². The highest BCUT2D eigenvalue weighted by molar-refractivity contribution is 6.02. The summed E-state index contributed by atoms with van der Waals surface area (Å²) in [5.41, 5.74) is 1.83. The van der Waals surface area contributed by atoms with Crippen molar-refractivity contribution >= 4 is 23.7 Å². The van der Waals surface area contributed by atoms with E-state index in [1.165, 1.54) is 0 Å². The van der Waals surface area contributed by atoms with Crippen LogP contribution in [-0.2, 0) is 19.0 Å². The average molecular weight is 674 g/mol. The standard InChI is InChI=1S/C34H43N9O6/c1-34(2,3)49-33(46)36-16-20-48-22-21-47-19-13-31(44)42-17-11-24(12-18-42)28-23-30(43(41-28)29-9-4-5-14-35-29)39-32(45)27-8-6-7-25(38-27)26-10-15-37-40-26/h4-10,14-15,23-24H,11-13,16-22H2,1-3H3,(H,36,46)(H,37,40)(H,39,45). The molecular weight excluding hydrogens is 630 g/mol. The van der Waals surface area contributed by atoms with Gasteiger partial charge in [0, 0.05) is 44.0 Å². The number of nitrogens with zero attached hydrogens (tertiary/aromatic N) is 6. The van der Waals surface area contributed by atoms with Crippen molar-refractivity contribution in [3.8, 4) is 17.2 Å². The minimum atomic E-state index is -0.546. The van der Waals surface area contributed by atoms with Crippen molar-refractivity contribution in [1.82, 2.24) is 40.2 Å². The van der Waals surface area contributed by atoms with Gasteiger partial charge in [0.2, 0.25) is 5.91 Å². The zero-order valence-corrected chi connectivity index (χ0v) is 28.1. The summed E-state index contributed by atoms with van der Waals surface area (Å²) in [6, 6.07) is 14.4. The highest BCUT2D eigenvalue weighted by Crippen LogP contribution is 2.30. The number of carbonyl (C=O) groups excluding carboxylic acids is 3. The highest BCUT2D eigenvalue weighted by Gasteiger charge is 2.27. The van der Waals surface area contributed by atoms with E-state index in [0.29, 0.717) is 69.1 Å². The summed E-state index contributed by atoms with van der Waals surface area (Å²) in [4.78, 5) is 48.6. The summed E-state index contributed by atoms with van der Waals surface area (Å²) in [5, 5.41) is 17.3. The van der Waals surface area contributed by atoms with Gasteiger partial charge in [-0.25, -0.2) is 14.8 Å². The Balaban J connectivity index is 1.08. The van der Waals surface area contributed by atoms with Crippen molar-refractivity contribution in [2.75, 3.05) is 51.4 Å². The van der Waals surface area contributed by atoms with E-state index in [9.17, 15) is 14.4 Å². The molecule has 1 fully saturated rings. The number of anilines is 1. The van der Waals surface area contributed by atoms with Crippen molar-refractivity contribution in [3.63, 3.8) is 0 Å². The fourth-order valence-electron chi connectivity index (χ4n) is 5.24. The minimum absolute atomic E-state index is 0.0396. The number of likely N-dealkylation sites (tertiary alicyclic amines) is 1. The summed E-state index contributed by atoms with van der Waals surface area (Å²) >= 11 is 0. The molecular formula is C34H43N9O6. The lowest BCUT2D eigenvalue weighted by atomic mass is 9.93. The van der Waals surface area contributed by atoms with E-state index < -0.39 is 11.7 Å². The number of ether oxygens (including phenoxy) is 3. The molecule has 0 aliphatic carbocycles. The number of aromatic nitrogens is 6. The van der Waals surface area contributed by atoms with Crippen LogP contribution in [0.15, 0.2) is 60.9 Å². The lowest BCUT2D eigenvalue weighted by Crippen LogP contribution is -2.38. The number of amides is 3. The van der Waals surface area contributed by atoms with E-state index in [1.807, 2.05) is 29.2 Å². The molecule has 15 heteroatoms. The molecule has 260 valence electrons. The Hall–Kier alpha value is -5.15. The molecule has 0 spiro atoms. The first kappa shape index (κ1) is 35.2. The monoisotopic (exact) mass is 673 g/mol. The molecule has 0 atom stereocenters. The first-order chi connectivity index (χ1) is 23.7. The summed E-state index contributed by atoms with van der Waals surface area (Å²) in [5.74, 6) is 0.807. The quantitative estimate of drug-likeness (QED) is 0.166. The normalized spacial score (nSPS) is 13.7. The van der Waals surface area contributed by atoms with Crippen LogP contribution in [0.3, 0.4) is 0 Å². The van der Waals surface area contributed by atoms with Crippen LogP contribution in [0.1, 0.15) is 62.1 Å². The van der Waals surface area contributed by atoms with E-state index >= 15 is 0 Å². The third-order valence-electron chi connectivity index (χ3n) is 7.61. The maximum atomic E-state index is 13.3. The van der Waals surface area contributed by atoms with E-state index in [-0.39, 0.29) is 29.8 Å². The molecule has 4 aromatic rings. The Morgan fingerprint density at radius 1 is 0.959 bits per heavy atom. The van der Waals surface area contributed by atoms with Gasteiger partial charge in [0.05, 0.1) is 49.9 Å². The molecule has 49 heavy (non-hydrogen) atoms. The van der Waals surface area contributed by atoms with Crippen LogP contribution < -0.4 is 10.6 Å². The van der Waals surface area contributed by atoms with Crippen LogP contribution in [0.2, 0.25) is 0 Å². The van der Waals surface area contributed by atoms with Crippen molar-refractivity contribution in [3.05, 3.63) is 72.3 Å². The SMILES string of the molecule is CC(C)(C)OC(=O)NCCOCCOCCC(=O)N1CCC(c2cc(NC(=O)c3cccc(-c4ccn[nH]4)n3)n(-c3ccccn3)n2)CC1. The predicted octanol–water partition coefficient (Wildman–Crippen LogP) is 3.96. The fourth-order valence-corrected chi connectivity index (χ4v) is 5.24. The van der Waals surface area contributed by atoms with Crippen LogP contribution in [0.25, 0.3) is 17.2 Å². The fraction of sp³-hybridized carbons (Fsp3) is 0.441. The van der Waals surface area contributed by atoms with Crippen molar-refractivity contribution in [2.24, 2.45) is 0 Å². The molecule has 3 N–H and O–H groups in total. The Labute approximate surface area is 284 Å². The second kappa shape index (κ2) is 16.8. The topological polar surface area (TPSA) is 178 Å². The van der Waals surface area contributed by atoms with Crippen LogP contribution in [-0.4, -0.2) is 104 Å². The van der Waals surface area contributed by atoms with Gasteiger partial charge in [0.25, 0.3) is 5.91 Å². The molecule has 3 amide bonds. The number of aromatic amines is 1. The number of nitrogens with one attached hydrogen (secondary N) is 3. The lowest BCUT2D eigenvalue weighted by Gasteiger charge is -2.31. The Morgan fingerprint density at radius 2 is 1.76 bits per heavy atom. The number of hydrogen-bond donors (Lipinski definition) is 3. The first-order valence-electron chi connectivity index (χ1n) is 16.4. The van der Waals surface area contributed by atoms with Crippen molar-refractivity contribution < 1.29 is 28.6 Å². The molecule has 0 bridgehead atoms. The molecule has 0 aromatic carbocycles. The van der Waals surface area contributed by atoms with Crippen LogP contribution in [0.5, 0.6) is 0 Å². The van der Waals surface area contributed by atoms with Gasteiger partial charge >= 0.3 is 6.09 Å². The number of hydrogen-bond acceptors (Lipinski definition) is 10. The first-order valence-corrected chi connectivity index (χ1v) is 16.4. The minimum Gasteiger partial charge on any atom is -0.444 e. The Bertz CT molecular complexity index is 1660. The van der Waals surface area contributed by atoms with Crippen molar-refractivity contribution in [1.29, 1.82) is 0 Å². The lowest BCUT2D eigenvalue weighted by molar-refractivity contribution is -0.133. The summed E-state index contributed by atoms with van der Waals surface area (Å²) in [6.45, 7) is 8.29. The number of rotatable bonds is 14. The molecule has 0 saturated carbocycles. The second-order valence-corrected chi connectivity index (χ2v) is 12.4. The third kappa shape index (κ3) is 10.4. The molecule has 5 heterocycles. The number of piperidine rings is 1. The predicted molar refractivity (Wildman–Crippen MR) is 180 cm³/mol. The molecule has 1 aliphatic rings. The summed E-state index contributed by atoms with van der Waals surface area (Å²) in [6.07, 6.45) is 4.57. The van der Waals surface area contributed by atoms with Gasteiger partial charge in [-0.1, -0.05) is 12.1 Å². The summed E-state index contributed by atoms with van der Waals surface area (Å²) in [7, 11) is 0. The highest BCUT2D eigenvalue weighted by atomic mass is 16.6. The van der Waals surface area contributed by atoms with Gasteiger partial charge < -0.3 is 29.7 Å². The van der Waals surface area contributed by atoms with Gasteiger partial charge in [-0.2, -0.15) is 14.9 Å². The van der Waals surface area contributed by atoms with Crippen LogP contribution in [0, 0.1) is 0 Å². The Kier molecular flexibility index (Phi) is 12.1. The number of pyridine rings is 2. The molecule has 4 aromatic heterocycles. The molecule has 0 radical (unpaired) electrons. The zero-order valence-electron chi connectivity index (χ0n) is 28.1. The number of H-pyrrole nitrogens is 1. The van der Waals surface area contributed by atoms with E-state index in [0.717, 1.165) is 18.5 Å². The largest absolute Gasteiger partial charge is 0.444 e. The van der Waals surface area contributed by atoms with Crippen LogP contribution in [0.4, 0.5) is 10.6 Å². The molecule has 1 saturated heterocycles. The van der Waals surface area contributed by atoms with E-state index in [2.05, 4.69) is 30.8 Å². The molecule has 15 nitrogen and oxygen atoms in total. The average Bonchev–Trinajstić information content (AvgIpc) is 3.78. The van der Waals surface area contributed by atoms with Gasteiger partial charge in [0.15, 0.2) is 5.82 Å². The number of alkyl carbamates (subject to hydrolysis) is 1. The summed E-state index contributed by atoms with van der Waals surface area (Å²) < 4.78 is 17.8. The van der Waals surface area contributed by atoms with Gasteiger partial charge in [0.1, 0.15) is 17.1 Å².